The van der Waals surface area contributed by atoms with Gasteiger partial charge in [-0.15, -0.1) is 0 Å². The second-order valence-electron chi connectivity index (χ2n) is 4.90. The first-order chi connectivity index (χ1) is 10.0. The van der Waals surface area contributed by atoms with Crippen molar-refractivity contribution < 1.29 is 23.0 Å². The van der Waals surface area contributed by atoms with Gasteiger partial charge in [-0.25, -0.2) is 0 Å². The van der Waals surface area contributed by atoms with Crippen LogP contribution in [0.15, 0.2) is 18.2 Å². The minimum atomic E-state index is -2.99. The van der Waals surface area contributed by atoms with Crippen LogP contribution in [0.2, 0.25) is 0 Å². The van der Waals surface area contributed by atoms with Gasteiger partial charge in [-0.3, -0.25) is 4.79 Å². The zero-order valence-corrected chi connectivity index (χ0v) is 11.6. The smallest absolute Gasteiger partial charge is 0.387 e. The van der Waals surface area contributed by atoms with Crippen molar-refractivity contribution in [3.63, 3.8) is 0 Å². The lowest BCUT2D eigenvalue weighted by Crippen LogP contribution is -2.41. The van der Waals surface area contributed by atoms with Crippen molar-refractivity contribution in [1.82, 2.24) is 5.32 Å². The van der Waals surface area contributed by atoms with Gasteiger partial charge in [-0.05, 0) is 37.0 Å². The second kappa shape index (κ2) is 6.71. The van der Waals surface area contributed by atoms with E-state index in [1.54, 1.807) is 0 Å². The number of nitrogens with one attached hydrogen (secondary N) is 1. The van der Waals surface area contributed by atoms with E-state index in [1.807, 2.05) is 0 Å². The van der Waals surface area contributed by atoms with Gasteiger partial charge in [0.1, 0.15) is 0 Å². The van der Waals surface area contributed by atoms with Crippen LogP contribution in [0.25, 0.3) is 0 Å². The molecule has 1 saturated carbocycles. The molecule has 1 aromatic carbocycles. The highest BCUT2D eigenvalue weighted by Gasteiger charge is 2.31. The third-order valence-corrected chi connectivity index (χ3v) is 3.40. The van der Waals surface area contributed by atoms with Crippen molar-refractivity contribution in [2.24, 2.45) is 11.7 Å². The van der Waals surface area contributed by atoms with E-state index in [0.717, 1.165) is 12.8 Å². The molecule has 0 aromatic heterocycles. The van der Waals surface area contributed by atoms with Gasteiger partial charge in [0, 0.05) is 18.2 Å². The summed E-state index contributed by atoms with van der Waals surface area (Å²) in [6, 6.07) is 4.06. The molecule has 0 saturated heterocycles. The Labute approximate surface area is 121 Å². The van der Waals surface area contributed by atoms with Crippen LogP contribution in [-0.4, -0.2) is 32.2 Å². The Balaban J connectivity index is 2.12. The van der Waals surface area contributed by atoms with Crippen LogP contribution in [-0.2, 0) is 0 Å². The van der Waals surface area contributed by atoms with E-state index in [-0.39, 0.29) is 29.0 Å². The fourth-order valence-electron chi connectivity index (χ4n) is 2.13. The predicted molar refractivity (Wildman–Crippen MR) is 72.7 cm³/mol. The first-order valence-corrected chi connectivity index (χ1v) is 6.69. The molecule has 0 aliphatic heterocycles. The van der Waals surface area contributed by atoms with Crippen LogP contribution in [0.5, 0.6) is 11.5 Å². The minimum absolute atomic E-state index is 0.0842. The molecule has 1 unspecified atom stereocenters. The molecule has 5 nitrogen and oxygen atoms in total. The Bertz CT molecular complexity index is 507. The van der Waals surface area contributed by atoms with Crippen molar-refractivity contribution in [2.45, 2.75) is 25.5 Å². The van der Waals surface area contributed by atoms with Crippen molar-refractivity contribution >= 4 is 5.91 Å². The van der Waals surface area contributed by atoms with Crippen LogP contribution in [0.4, 0.5) is 8.78 Å². The lowest BCUT2D eigenvalue weighted by Gasteiger charge is -2.17. The van der Waals surface area contributed by atoms with E-state index in [4.69, 9.17) is 10.5 Å². The topological polar surface area (TPSA) is 73.6 Å². The molecule has 116 valence electrons. The molecule has 1 aliphatic rings. The van der Waals surface area contributed by atoms with Crippen LogP contribution in [0.1, 0.15) is 23.2 Å². The number of benzene rings is 1. The van der Waals surface area contributed by atoms with E-state index in [1.165, 1.54) is 25.3 Å². The Morgan fingerprint density at radius 3 is 2.67 bits per heavy atom. The van der Waals surface area contributed by atoms with Gasteiger partial charge in [-0.1, -0.05) is 0 Å². The lowest BCUT2D eigenvalue weighted by molar-refractivity contribution is -0.0512. The van der Waals surface area contributed by atoms with Gasteiger partial charge in [0.15, 0.2) is 11.5 Å². The molecule has 21 heavy (non-hydrogen) atoms. The van der Waals surface area contributed by atoms with Gasteiger partial charge in [0.25, 0.3) is 5.91 Å². The number of ether oxygens (including phenoxy) is 2. The maximum atomic E-state index is 12.4. The Morgan fingerprint density at radius 1 is 1.43 bits per heavy atom. The van der Waals surface area contributed by atoms with Gasteiger partial charge < -0.3 is 20.5 Å². The highest BCUT2D eigenvalue weighted by Crippen LogP contribution is 2.33. The molecular weight excluding hydrogens is 282 g/mol. The minimum Gasteiger partial charge on any atom is -0.493 e. The summed E-state index contributed by atoms with van der Waals surface area (Å²) in [6.45, 7) is -2.63. The van der Waals surface area contributed by atoms with E-state index in [9.17, 15) is 13.6 Å². The summed E-state index contributed by atoms with van der Waals surface area (Å²) in [6.07, 6.45) is 2.09. The third-order valence-electron chi connectivity index (χ3n) is 3.40. The number of carbonyl (C=O) groups is 1. The second-order valence-corrected chi connectivity index (χ2v) is 4.90. The lowest BCUT2D eigenvalue weighted by atomic mass is 10.1. The highest BCUT2D eigenvalue weighted by atomic mass is 19.3. The Kier molecular flexibility index (Phi) is 4.95. The van der Waals surface area contributed by atoms with Crippen LogP contribution in [0, 0.1) is 5.92 Å². The summed E-state index contributed by atoms with van der Waals surface area (Å²) in [5, 5.41) is 2.82. The zero-order chi connectivity index (χ0) is 15.4. The van der Waals surface area contributed by atoms with Crippen molar-refractivity contribution in [3.8, 4) is 11.5 Å². The van der Waals surface area contributed by atoms with Crippen molar-refractivity contribution in [2.75, 3.05) is 13.7 Å². The molecule has 2 rings (SSSR count). The Hall–Kier alpha value is -1.89. The summed E-state index contributed by atoms with van der Waals surface area (Å²) in [5.41, 5.74) is 5.85. The van der Waals surface area contributed by atoms with E-state index < -0.39 is 6.61 Å². The monoisotopic (exact) mass is 300 g/mol. The van der Waals surface area contributed by atoms with Gasteiger partial charge in [0.05, 0.1) is 7.11 Å². The average Bonchev–Trinajstić information content (AvgIpc) is 3.28. The molecule has 0 spiro atoms. The first-order valence-electron chi connectivity index (χ1n) is 6.69. The molecule has 1 atom stereocenters. The molecule has 0 radical (unpaired) electrons. The van der Waals surface area contributed by atoms with Crippen LogP contribution < -0.4 is 20.5 Å². The molecule has 0 bridgehead atoms. The molecule has 0 heterocycles. The average molecular weight is 300 g/mol. The zero-order valence-electron chi connectivity index (χ0n) is 11.6. The molecule has 3 N–H and O–H groups in total. The third kappa shape index (κ3) is 4.04. The SMILES string of the molecule is COc1ccc(C(=O)NC(CN)C2CC2)cc1OC(F)F. The summed E-state index contributed by atoms with van der Waals surface area (Å²) >= 11 is 0. The number of hydrogen-bond donors (Lipinski definition) is 2. The van der Waals surface area contributed by atoms with Crippen molar-refractivity contribution in [3.05, 3.63) is 23.8 Å². The summed E-state index contributed by atoms with van der Waals surface area (Å²) in [7, 11) is 1.34. The number of methoxy groups -OCH3 is 1. The largest absolute Gasteiger partial charge is 0.493 e. The molecular formula is C14H18F2N2O3. The number of alkyl halides is 2. The maximum Gasteiger partial charge on any atom is 0.387 e. The van der Waals surface area contributed by atoms with E-state index >= 15 is 0 Å². The number of hydrogen-bond acceptors (Lipinski definition) is 4. The standard InChI is InChI=1S/C14H18F2N2O3/c1-20-11-5-4-9(6-12(11)21-14(15)16)13(19)18-10(7-17)8-2-3-8/h4-6,8,10,14H,2-3,7,17H2,1H3,(H,18,19). The summed E-state index contributed by atoms with van der Waals surface area (Å²) in [4.78, 5) is 12.1. The van der Waals surface area contributed by atoms with Crippen molar-refractivity contribution in [1.29, 1.82) is 0 Å². The summed E-state index contributed by atoms with van der Waals surface area (Å²) in [5.74, 6) is 0.0217. The number of halogens is 2. The maximum absolute atomic E-state index is 12.4. The Morgan fingerprint density at radius 2 is 2.14 bits per heavy atom. The highest BCUT2D eigenvalue weighted by molar-refractivity contribution is 5.95. The van der Waals surface area contributed by atoms with Gasteiger partial charge in [-0.2, -0.15) is 8.78 Å². The number of nitrogens with two attached hydrogens (primary N) is 1. The summed E-state index contributed by atoms with van der Waals surface area (Å²) < 4.78 is 34.0. The molecule has 7 heteroatoms. The molecule has 1 aliphatic carbocycles. The number of rotatable bonds is 7. The molecule has 1 fully saturated rings. The normalized spacial score (nSPS) is 15.7. The van der Waals surface area contributed by atoms with Gasteiger partial charge >= 0.3 is 6.61 Å². The number of amides is 1. The number of carbonyl (C=O) groups excluding carboxylic acids is 1. The quantitative estimate of drug-likeness (QED) is 0.805. The van der Waals surface area contributed by atoms with E-state index in [2.05, 4.69) is 10.1 Å². The fourth-order valence-corrected chi connectivity index (χ4v) is 2.13. The van der Waals surface area contributed by atoms with Gasteiger partial charge in [0.2, 0.25) is 0 Å². The predicted octanol–water partition coefficient (Wildman–Crippen LogP) is 1.76. The molecule has 1 aromatic rings. The van der Waals surface area contributed by atoms with Crippen LogP contribution >= 0.6 is 0 Å². The first kappa shape index (κ1) is 15.5. The van der Waals surface area contributed by atoms with E-state index in [0.29, 0.717) is 12.5 Å². The van der Waals surface area contributed by atoms with Crippen LogP contribution in [0.3, 0.4) is 0 Å². The molecule has 1 amide bonds. The fraction of sp³-hybridized carbons (Fsp3) is 0.500.